The zero-order valence-corrected chi connectivity index (χ0v) is 40.5. The smallest absolute Gasteiger partial charge is 0.306 e. The molecular formula is C55H102O5. The first-order valence-electron chi connectivity index (χ1n) is 26.5. The third kappa shape index (κ3) is 48.8. The Morgan fingerprint density at radius 3 is 1.17 bits per heavy atom. The fourth-order valence-corrected chi connectivity index (χ4v) is 7.70. The molecule has 0 aromatic carbocycles. The minimum Gasteiger partial charge on any atom is -0.462 e. The highest BCUT2D eigenvalue weighted by Crippen LogP contribution is 2.15. The lowest BCUT2D eigenvalue weighted by atomic mass is 10.0. The van der Waals surface area contributed by atoms with Gasteiger partial charge in [0.05, 0.1) is 6.61 Å². The number of hydrogen-bond donors (Lipinski definition) is 0. The Kier molecular flexibility index (Phi) is 49.9. The van der Waals surface area contributed by atoms with Crippen LogP contribution in [0.1, 0.15) is 278 Å². The highest BCUT2D eigenvalue weighted by atomic mass is 16.6. The number of ether oxygens (including phenoxy) is 3. The van der Waals surface area contributed by atoms with Crippen LogP contribution < -0.4 is 0 Å². The van der Waals surface area contributed by atoms with Crippen molar-refractivity contribution in [2.24, 2.45) is 0 Å². The van der Waals surface area contributed by atoms with E-state index < -0.39 is 6.10 Å². The van der Waals surface area contributed by atoms with E-state index >= 15 is 0 Å². The first-order chi connectivity index (χ1) is 29.6. The number of hydrogen-bond acceptors (Lipinski definition) is 5. The first-order valence-corrected chi connectivity index (χ1v) is 26.5. The minimum atomic E-state index is -0.549. The van der Waals surface area contributed by atoms with E-state index in [1.165, 1.54) is 193 Å². The van der Waals surface area contributed by atoms with Crippen LogP contribution in [-0.4, -0.2) is 37.9 Å². The van der Waals surface area contributed by atoms with Gasteiger partial charge in [0.25, 0.3) is 0 Å². The van der Waals surface area contributed by atoms with Crippen molar-refractivity contribution < 1.29 is 23.8 Å². The molecule has 352 valence electrons. The van der Waals surface area contributed by atoms with Gasteiger partial charge >= 0.3 is 11.9 Å². The Morgan fingerprint density at radius 1 is 0.367 bits per heavy atom. The molecule has 0 saturated heterocycles. The molecule has 0 aromatic heterocycles. The van der Waals surface area contributed by atoms with Gasteiger partial charge in [-0.1, -0.05) is 250 Å². The van der Waals surface area contributed by atoms with Crippen molar-refractivity contribution in [1.29, 1.82) is 0 Å². The summed E-state index contributed by atoms with van der Waals surface area (Å²) >= 11 is 0. The van der Waals surface area contributed by atoms with Crippen LogP contribution in [0.25, 0.3) is 0 Å². The number of esters is 2. The van der Waals surface area contributed by atoms with Gasteiger partial charge in [0, 0.05) is 19.4 Å². The Labute approximate surface area is 374 Å². The van der Waals surface area contributed by atoms with Crippen LogP contribution in [0.2, 0.25) is 0 Å². The van der Waals surface area contributed by atoms with E-state index in [4.69, 9.17) is 14.2 Å². The SMILES string of the molecule is CCCCCCCC/C=C\C/C=C\C/C=C\CCCC(=O)OC[C@@H](COCCCCCCCCCCCCCCCCCC)OC(=O)CCCCCCCCCCCCC. The Bertz CT molecular complexity index is 955. The summed E-state index contributed by atoms with van der Waals surface area (Å²) in [6.45, 7) is 7.81. The van der Waals surface area contributed by atoms with E-state index in [1.807, 2.05) is 0 Å². The molecule has 60 heavy (non-hydrogen) atoms. The lowest BCUT2D eigenvalue weighted by Gasteiger charge is -2.18. The number of rotatable bonds is 49. The lowest BCUT2D eigenvalue weighted by molar-refractivity contribution is -0.163. The maximum absolute atomic E-state index is 12.8. The largest absolute Gasteiger partial charge is 0.462 e. The molecule has 0 heterocycles. The molecule has 1 atom stereocenters. The summed E-state index contributed by atoms with van der Waals surface area (Å²) in [4.78, 5) is 25.3. The molecule has 0 aromatic rings. The van der Waals surface area contributed by atoms with Crippen molar-refractivity contribution >= 4 is 11.9 Å². The van der Waals surface area contributed by atoms with E-state index in [-0.39, 0.29) is 25.2 Å². The van der Waals surface area contributed by atoms with E-state index in [1.54, 1.807) is 0 Å². The van der Waals surface area contributed by atoms with Crippen LogP contribution in [-0.2, 0) is 23.8 Å². The van der Waals surface area contributed by atoms with Crippen molar-refractivity contribution in [2.45, 2.75) is 284 Å². The van der Waals surface area contributed by atoms with Gasteiger partial charge in [0.15, 0.2) is 6.10 Å². The molecule has 0 fully saturated rings. The molecule has 0 rings (SSSR count). The quantitative estimate of drug-likeness (QED) is 0.0347. The molecule has 0 amide bonds. The van der Waals surface area contributed by atoms with Crippen LogP contribution in [0.15, 0.2) is 36.5 Å². The van der Waals surface area contributed by atoms with E-state index in [9.17, 15) is 9.59 Å². The molecule has 0 radical (unpaired) electrons. The first kappa shape index (κ1) is 58.1. The lowest BCUT2D eigenvalue weighted by Crippen LogP contribution is -2.30. The van der Waals surface area contributed by atoms with Crippen LogP contribution in [0.4, 0.5) is 0 Å². The van der Waals surface area contributed by atoms with Gasteiger partial charge in [-0.3, -0.25) is 9.59 Å². The summed E-state index contributed by atoms with van der Waals surface area (Å²) in [5.74, 6) is -0.443. The highest BCUT2D eigenvalue weighted by molar-refractivity contribution is 5.70. The summed E-state index contributed by atoms with van der Waals surface area (Å²) < 4.78 is 17.4. The standard InChI is InChI=1S/C55H102O5/c1-4-7-10-13-16-19-22-24-26-28-29-31-34-36-39-42-45-48-54(56)59-52-53(60-55(57)49-46-43-40-37-33-21-18-15-12-9-6-3)51-58-50-47-44-41-38-35-32-30-27-25-23-20-17-14-11-8-5-2/h24,26,29,31,36,39,53H,4-23,25,27-28,30,32-35,37-38,40-52H2,1-3H3/b26-24-,31-29-,39-36-/t53-/m1/s1. The molecule has 5 nitrogen and oxygen atoms in total. The topological polar surface area (TPSA) is 61.8 Å². The summed E-state index contributed by atoms with van der Waals surface area (Å²) in [7, 11) is 0. The molecule has 5 heteroatoms. The normalized spacial score (nSPS) is 12.4. The molecule has 0 bridgehead atoms. The molecule has 0 spiro atoms. The van der Waals surface area contributed by atoms with Crippen LogP contribution in [0, 0.1) is 0 Å². The van der Waals surface area contributed by atoms with Gasteiger partial charge in [-0.15, -0.1) is 0 Å². The predicted octanol–water partition coefficient (Wildman–Crippen LogP) is 17.8. The fourth-order valence-electron chi connectivity index (χ4n) is 7.70. The van der Waals surface area contributed by atoms with E-state index in [0.29, 0.717) is 19.4 Å². The number of allylic oxidation sites excluding steroid dienone is 6. The van der Waals surface area contributed by atoms with Crippen molar-refractivity contribution in [3.05, 3.63) is 36.5 Å². The molecule has 0 aliphatic carbocycles. The highest BCUT2D eigenvalue weighted by Gasteiger charge is 2.17. The van der Waals surface area contributed by atoms with E-state index in [2.05, 4.69) is 57.2 Å². The second-order valence-electron chi connectivity index (χ2n) is 17.8. The zero-order chi connectivity index (χ0) is 43.5. The number of carbonyl (C=O) groups is 2. The molecule has 0 N–H and O–H groups in total. The number of unbranched alkanes of at least 4 members (excludes halogenated alkanes) is 32. The van der Waals surface area contributed by atoms with Crippen molar-refractivity contribution in [3.63, 3.8) is 0 Å². The summed E-state index contributed by atoms with van der Waals surface area (Å²) in [5, 5.41) is 0. The van der Waals surface area contributed by atoms with Gasteiger partial charge in [0.1, 0.15) is 6.61 Å². The average Bonchev–Trinajstić information content (AvgIpc) is 3.25. The minimum absolute atomic E-state index is 0.0653. The third-order valence-corrected chi connectivity index (χ3v) is 11.7. The summed E-state index contributed by atoms with van der Waals surface area (Å²) in [6, 6.07) is 0. The second kappa shape index (κ2) is 51.5. The van der Waals surface area contributed by atoms with Gasteiger partial charge < -0.3 is 14.2 Å². The van der Waals surface area contributed by atoms with Crippen molar-refractivity contribution in [1.82, 2.24) is 0 Å². The Morgan fingerprint density at radius 2 is 0.717 bits per heavy atom. The predicted molar refractivity (Wildman–Crippen MR) is 261 cm³/mol. The molecule has 0 saturated carbocycles. The van der Waals surface area contributed by atoms with Gasteiger partial charge in [-0.05, 0) is 51.4 Å². The third-order valence-electron chi connectivity index (χ3n) is 11.7. The maximum atomic E-state index is 12.8. The van der Waals surface area contributed by atoms with Crippen LogP contribution in [0.3, 0.4) is 0 Å². The Hall–Kier alpha value is -1.88. The summed E-state index contributed by atoms with van der Waals surface area (Å²) in [5.41, 5.74) is 0. The molecule has 0 aliphatic rings. The van der Waals surface area contributed by atoms with Crippen molar-refractivity contribution in [3.8, 4) is 0 Å². The van der Waals surface area contributed by atoms with Crippen LogP contribution in [0.5, 0.6) is 0 Å². The number of carbonyl (C=O) groups excluding carboxylic acids is 2. The average molecular weight is 843 g/mol. The molecule has 0 unspecified atom stereocenters. The van der Waals surface area contributed by atoms with Gasteiger partial charge in [-0.2, -0.15) is 0 Å². The van der Waals surface area contributed by atoms with Gasteiger partial charge in [-0.25, -0.2) is 0 Å². The van der Waals surface area contributed by atoms with E-state index in [0.717, 1.165) is 51.4 Å². The summed E-state index contributed by atoms with van der Waals surface area (Å²) in [6.07, 6.45) is 61.6. The maximum Gasteiger partial charge on any atom is 0.306 e. The zero-order valence-electron chi connectivity index (χ0n) is 40.5. The van der Waals surface area contributed by atoms with Crippen LogP contribution >= 0.6 is 0 Å². The molecule has 0 aliphatic heterocycles. The van der Waals surface area contributed by atoms with Crippen molar-refractivity contribution in [2.75, 3.05) is 19.8 Å². The van der Waals surface area contributed by atoms with Gasteiger partial charge in [0.2, 0.25) is 0 Å². The Balaban J connectivity index is 4.27. The fraction of sp³-hybridized carbons (Fsp3) is 0.855. The second-order valence-corrected chi connectivity index (χ2v) is 17.8. The monoisotopic (exact) mass is 843 g/mol. The molecular weight excluding hydrogens is 741 g/mol.